The Balaban J connectivity index is 1.54. The summed E-state index contributed by atoms with van der Waals surface area (Å²) in [5.41, 5.74) is 1.76. The topological polar surface area (TPSA) is 115 Å². The Kier molecular flexibility index (Phi) is 11.7. The van der Waals surface area contributed by atoms with Gasteiger partial charge in [-0.3, -0.25) is 14.4 Å². The molecule has 0 saturated heterocycles. The van der Waals surface area contributed by atoms with E-state index in [1.807, 2.05) is 6.07 Å². The molecule has 0 unspecified atom stereocenters. The van der Waals surface area contributed by atoms with Crippen LogP contribution in [0, 0.1) is 0 Å². The molecule has 0 fully saturated rings. The highest BCUT2D eigenvalue weighted by molar-refractivity contribution is 8.00. The fourth-order valence-corrected chi connectivity index (χ4v) is 5.29. The maximum Gasteiger partial charge on any atom is 0.272 e. The standard InChI is InChI=1S/C33H29Cl2N3O6S/c1-42-28-15-20(16-29(43-2)31(28)44-3)14-27(38-32(40)21-8-5-4-6-9-21)33(41)36-23-10-7-11-24(18-23)45-19-30(39)37-26-13-12-22(34)17-25(26)35/h4-18H,19H2,1-3H3,(H,36,41)(H,37,39)(H,38,40)/b27-14+. The lowest BCUT2D eigenvalue weighted by Gasteiger charge is -2.15. The number of rotatable bonds is 12. The van der Waals surface area contributed by atoms with Gasteiger partial charge in [-0.25, -0.2) is 0 Å². The summed E-state index contributed by atoms with van der Waals surface area (Å²) in [6.07, 6.45) is 1.51. The minimum absolute atomic E-state index is 0.0320. The summed E-state index contributed by atoms with van der Waals surface area (Å²) in [5.74, 6) is -0.0800. The van der Waals surface area contributed by atoms with Crippen LogP contribution in [0.3, 0.4) is 0 Å². The third kappa shape index (κ3) is 9.18. The van der Waals surface area contributed by atoms with Crippen molar-refractivity contribution in [3.8, 4) is 17.2 Å². The highest BCUT2D eigenvalue weighted by Gasteiger charge is 2.18. The normalized spacial score (nSPS) is 10.9. The van der Waals surface area contributed by atoms with Crippen molar-refractivity contribution in [3.05, 3.63) is 112 Å². The molecule has 0 bridgehead atoms. The van der Waals surface area contributed by atoms with Gasteiger partial charge in [0.1, 0.15) is 5.70 Å². The van der Waals surface area contributed by atoms with Crippen LogP contribution >= 0.6 is 35.0 Å². The second kappa shape index (κ2) is 15.9. The molecule has 3 N–H and O–H groups in total. The van der Waals surface area contributed by atoms with Gasteiger partial charge in [-0.1, -0.05) is 47.5 Å². The van der Waals surface area contributed by atoms with Gasteiger partial charge in [0.15, 0.2) is 11.5 Å². The van der Waals surface area contributed by atoms with Crippen LogP contribution in [-0.2, 0) is 9.59 Å². The minimum Gasteiger partial charge on any atom is -0.493 e. The second-order valence-corrected chi connectivity index (χ2v) is 11.2. The van der Waals surface area contributed by atoms with E-state index in [1.165, 1.54) is 39.2 Å². The van der Waals surface area contributed by atoms with Crippen molar-refractivity contribution in [1.29, 1.82) is 0 Å². The molecule has 0 spiro atoms. The lowest BCUT2D eigenvalue weighted by atomic mass is 10.1. The first-order chi connectivity index (χ1) is 21.7. The van der Waals surface area contributed by atoms with E-state index in [2.05, 4.69) is 16.0 Å². The van der Waals surface area contributed by atoms with Gasteiger partial charge in [0.2, 0.25) is 11.7 Å². The smallest absolute Gasteiger partial charge is 0.272 e. The zero-order chi connectivity index (χ0) is 32.3. The molecule has 4 aromatic rings. The Morgan fingerprint density at radius 3 is 2.16 bits per heavy atom. The van der Waals surface area contributed by atoms with Crippen molar-refractivity contribution in [2.24, 2.45) is 0 Å². The maximum absolute atomic E-state index is 13.6. The number of ether oxygens (including phenoxy) is 3. The highest BCUT2D eigenvalue weighted by atomic mass is 35.5. The average Bonchev–Trinajstić information content (AvgIpc) is 3.04. The Bertz CT molecular complexity index is 1710. The number of halogens is 2. The number of benzene rings is 4. The van der Waals surface area contributed by atoms with Crippen LogP contribution in [0.15, 0.2) is 95.5 Å². The van der Waals surface area contributed by atoms with Crippen LogP contribution in [0.25, 0.3) is 6.08 Å². The van der Waals surface area contributed by atoms with Crippen molar-refractivity contribution in [1.82, 2.24) is 5.32 Å². The first-order valence-corrected chi connectivity index (χ1v) is 15.1. The number of anilines is 2. The SMILES string of the molecule is COc1cc(/C=C(/NC(=O)c2ccccc2)C(=O)Nc2cccc(SCC(=O)Nc3ccc(Cl)cc3Cl)c2)cc(OC)c1OC. The van der Waals surface area contributed by atoms with Crippen LogP contribution < -0.4 is 30.2 Å². The Morgan fingerprint density at radius 1 is 0.800 bits per heavy atom. The largest absolute Gasteiger partial charge is 0.493 e. The van der Waals surface area contributed by atoms with E-state index in [1.54, 1.807) is 78.9 Å². The number of carbonyl (C=O) groups is 3. The van der Waals surface area contributed by atoms with E-state index >= 15 is 0 Å². The van der Waals surface area contributed by atoms with Gasteiger partial charge >= 0.3 is 0 Å². The molecular weight excluding hydrogens is 637 g/mol. The average molecular weight is 667 g/mol. The second-order valence-electron chi connectivity index (χ2n) is 9.28. The van der Waals surface area contributed by atoms with Crippen molar-refractivity contribution >= 4 is 70.1 Å². The molecule has 0 saturated carbocycles. The lowest BCUT2D eigenvalue weighted by molar-refractivity contribution is -0.114. The van der Waals surface area contributed by atoms with E-state index in [9.17, 15) is 14.4 Å². The molecule has 232 valence electrons. The number of nitrogens with one attached hydrogen (secondary N) is 3. The number of amides is 3. The quantitative estimate of drug-likeness (QED) is 0.109. The summed E-state index contributed by atoms with van der Waals surface area (Å²) < 4.78 is 16.3. The van der Waals surface area contributed by atoms with Gasteiger partial charge in [-0.2, -0.15) is 0 Å². The summed E-state index contributed by atoms with van der Waals surface area (Å²) in [4.78, 5) is 39.9. The summed E-state index contributed by atoms with van der Waals surface area (Å²) in [6.45, 7) is 0. The van der Waals surface area contributed by atoms with Crippen LogP contribution in [0.2, 0.25) is 10.0 Å². The van der Waals surface area contributed by atoms with Crippen LogP contribution in [0.4, 0.5) is 11.4 Å². The van der Waals surface area contributed by atoms with Gasteiger partial charge in [0.25, 0.3) is 11.8 Å². The van der Waals surface area contributed by atoms with Crippen LogP contribution in [0.1, 0.15) is 15.9 Å². The van der Waals surface area contributed by atoms with Crippen molar-refractivity contribution in [3.63, 3.8) is 0 Å². The predicted molar refractivity (Wildman–Crippen MR) is 179 cm³/mol. The number of carbonyl (C=O) groups excluding carboxylic acids is 3. The maximum atomic E-state index is 13.6. The number of methoxy groups -OCH3 is 3. The fraction of sp³-hybridized carbons (Fsp3) is 0.121. The predicted octanol–water partition coefficient (Wildman–Crippen LogP) is 7.16. The van der Waals surface area contributed by atoms with E-state index in [4.69, 9.17) is 37.4 Å². The van der Waals surface area contributed by atoms with E-state index in [0.29, 0.717) is 49.8 Å². The molecule has 9 nitrogen and oxygen atoms in total. The number of hydrogen-bond acceptors (Lipinski definition) is 7. The van der Waals surface area contributed by atoms with Gasteiger partial charge < -0.3 is 30.2 Å². The Hall–Kier alpha value is -4.64. The molecule has 0 atom stereocenters. The van der Waals surface area contributed by atoms with Gasteiger partial charge in [-0.05, 0) is 72.3 Å². The van der Waals surface area contributed by atoms with E-state index < -0.39 is 11.8 Å². The fourth-order valence-electron chi connectivity index (χ4n) is 4.08. The zero-order valence-corrected chi connectivity index (χ0v) is 26.8. The first kappa shape index (κ1) is 33.3. The monoisotopic (exact) mass is 665 g/mol. The van der Waals surface area contributed by atoms with Crippen LogP contribution in [-0.4, -0.2) is 44.8 Å². The molecule has 12 heteroatoms. The third-order valence-electron chi connectivity index (χ3n) is 6.19. The highest BCUT2D eigenvalue weighted by Crippen LogP contribution is 2.38. The van der Waals surface area contributed by atoms with E-state index in [0.717, 1.165) is 4.90 Å². The molecular formula is C33H29Cl2N3O6S. The molecule has 0 aliphatic rings. The van der Waals surface area contributed by atoms with Crippen molar-refractivity contribution in [2.45, 2.75) is 4.90 Å². The summed E-state index contributed by atoms with van der Waals surface area (Å²) >= 11 is 13.3. The zero-order valence-electron chi connectivity index (χ0n) is 24.5. The Morgan fingerprint density at radius 2 is 1.51 bits per heavy atom. The number of thioether (sulfide) groups is 1. The molecule has 0 heterocycles. The summed E-state index contributed by atoms with van der Waals surface area (Å²) in [6, 6.07) is 23.6. The van der Waals surface area contributed by atoms with Crippen molar-refractivity contribution in [2.75, 3.05) is 37.7 Å². The van der Waals surface area contributed by atoms with Crippen LogP contribution in [0.5, 0.6) is 17.2 Å². The molecule has 3 amide bonds. The van der Waals surface area contributed by atoms with Gasteiger partial charge in [0.05, 0.1) is 37.8 Å². The summed E-state index contributed by atoms with van der Waals surface area (Å²) in [7, 11) is 4.46. The molecule has 0 aromatic heterocycles. The molecule has 0 aliphatic carbocycles. The van der Waals surface area contributed by atoms with E-state index in [-0.39, 0.29) is 17.4 Å². The molecule has 0 aliphatic heterocycles. The summed E-state index contributed by atoms with van der Waals surface area (Å²) in [5, 5.41) is 9.09. The van der Waals surface area contributed by atoms with Crippen molar-refractivity contribution < 1.29 is 28.6 Å². The Labute approximate surface area is 274 Å². The van der Waals surface area contributed by atoms with Gasteiger partial charge in [-0.15, -0.1) is 11.8 Å². The molecule has 4 aromatic carbocycles. The molecule has 45 heavy (non-hydrogen) atoms. The third-order valence-corrected chi connectivity index (χ3v) is 7.74. The lowest BCUT2D eigenvalue weighted by Crippen LogP contribution is -2.30. The minimum atomic E-state index is -0.578. The number of hydrogen-bond donors (Lipinski definition) is 3. The first-order valence-electron chi connectivity index (χ1n) is 13.4. The molecule has 4 rings (SSSR count). The molecule has 0 radical (unpaired) electrons. The van der Waals surface area contributed by atoms with Gasteiger partial charge in [0, 0.05) is 21.2 Å².